The van der Waals surface area contributed by atoms with Crippen LogP contribution in [0.3, 0.4) is 0 Å². The summed E-state index contributed by atoms with van der Waals surface area (Å²) in [6, 6.07) is 10.4. The zero-order valence-electron chi connectivity index (χ0n) is 24.6. The van der Waals surface area contributed by atoms with Crippen molar-refractivity contribution < 1.29 is 18.0 Å². The van der Waals surface area contributed by atoms with E-state index >= 15 is 0 Å². The molecule has 9 heteroatoms. The number of rotatable bonds is 3. The molecule has 5 rings (SSSR count). The number of aryl methyl sites for hydroxylation is 1. The predicted octanol–water partition coefficient (Wildman–Crippen LogP) is 7.90. The van der Waals surface area contributed by atoms with Gasteiger partial charge in [0.1, 0.15) is 0 Å². The molecule has 1 amide bonds. The maximum Gasteiger partial charge on any atom is 0.471 e. The third-order valence-corrected chi connectivity index (χ3v) is 6.17. The average Bonchev–Trinajstić information content (AvgIpc) is 3.35. The van der Waals surface area contributed by atoms with Crippen LogP contribution in [0.4, 0.5) is 18.9 Å². The number of halogens is 3. The number of hydrogen-bond donors (Lipinski definition) is 1. The van der Waals surface area contributed by atoms with Crippen LogP contribution in [-0.2, 0) is 11.8 Å². The first-order valence-electron chi connectivity index (χ1n) is 14.2. The number of anilines is 1. The van der Waals surface area contributed by atoms with Crippen molar-refractivity contribution >= 4 is 33.5 Å². The van der Waals surface area contributed by atoms with E-state index in [-0.39, 0.29) is 5.69 Å². The number of carbonyl (C=O) groups is 1. The summed E-state index contributed by atoms with van der Waals surface area (Å²) in [5, 5.41) is 4.19. The number of benzene rings is 2. The highest BCUT2D eigenvalue weighted by Crippen LogP contribution is 2.36. The van der Waals surface area contributed by atoms with Gasteiger partial charge in [-0.25, -0.2) is 0 Å². The second-order valence-electron chi connectivity index (χ2n) is 8.98. The minimum atomic E-state index is -4.98. The molecule has 1 aliphatic rings. The number of nitrogens with zero attached hydrogens (tertiary/aromatic N) is 4. The van der Waals surface area contributed by atoms with Gasteiger partial charge in [0, 0.05) is 48.4 Å². The first-order chi connectivity index (χ1) is 19.2. The van der Waals surface area contributed by atoms with Crippen LogP contribution in [0, 0.1) is 0 Å². The van der Waals surface area contributed by atoms with Crippen molar-refractivity contribution in [3.8, 4) is 11.1 Å². The van der Waals surface area contributed by atoms with Gasteiger partial charge in [-0.2, -0.15) is 13.2 Å². The molecule has 1 saturated heterocycles. The zero-order chi connectivity index (χ0) is 29.9. The molecular formula is C31H42F3N5O. The van der Waals surface area contributed by atoms with Crippen LogP contribution in [-0.4, -0.2) is 45.7 Å². The average molecular weight is 558 g/mol. The molecule has 2 aromatic heterocycles. The number of fused-ring (bicyclic) bond motifs is 2. The summed E-state index contributed by atoms with van der Waals surface area (Å²) in [5.74, 6) is -1.86. The molecule has 0 aliphatic carbocycles. The Morgan fingerprint density at radius 1 is 1.00 bits per heavy atom. The van der Waals surface area contributed by atoms with Gasteiger partial charge in [-0.15, -0.1) is 0 Å². The second kappa shape index (κ2) is 15.4. The summed E-state index contributed by atoms with van der Waals surface area (Å²) in [6.45, 7) is 13.4. The fraction of sp³-hybridized carbons (Fsp3) is 0.452. The monoisotopic (exact) mass is 557 g/mol. The Kier molecular flexibility index (Phi) is 12.6. The Morgan fingerprint density at radius 3 is 2.25 bits per heavy atom. The van der Waals surface area contributed by atoms with E-state index in [9.17, 15) is 18.0 Å². The highest BCUT2D eigenvalue weighted by atomic mass is 19.4. The Labute approximate surface area is 235 Å². The van der Waals surface area contributed by atoms with E-state index in [0.29, 0.717) is 42.5 Å². The van der Waals surface area contributed by atoms with Crippen LogP contribution >= 0.6 is 0 Å². The van der Waals surface area contributed by atoms with E-state index in [0.717, 1.165) is 21.4 Å². The Bertz CT molecular complexity index is 1360. The SMILES string of the molecule is CC.CC.CCC.Cn1ccc2ccc(-c3cc(N(C(=O)C(F)(F)F)C4CCNCC4)cc4nccnc34)cc21. The molecular weight excluding hydrogens is 515 g/mol. The van der Waals surface area contributed by atoms with Crippen LogP contribution in [0.15, 0.2) is 55.0 Å². The number of piperidine rings is 1. The lowest BCUT2D eigenvalue weighted by molar-refractivity contribution is -0.171. The Balaban J connectivity index is 0.000000737. The van der Waals surface area contributed by atoms with E-state index < -0.39 is 18.1 Å². The van der Waals surface area contributed by atoms with Crippen LogP contribution < -0.4 is 10.2 Å². The molecule has 1 fully saturated rings. The number of amides is 1. The van der Waals surface area contributed by atoms with Gasteiger partial charge < -0.3 is 14.8 Å². The van der Waals surface area contributed by atoms with E-state index in [1.165, 1.54) is 18.7 Å². The molecule has 0 saturated carbocycles. The van der Waals surface area contributed by atoms with Gasteiger partial charge in [-0.05, 0) is 61.1 Å². The quantitative estimate of drug-likeness (QED) is 0.278. The van der Waals surface area contributed by atoms with Gasteiger partial charge in [0.15, 0.2) is 0 Å². The molecule has 0 unspecified atom stereocenters. The molecule has 6 nitrogen and oxygen atoms in total. The van der Waals surface area contributed by atoms with Crippen LogP contribution in [0.2, 0.25) is 0 Å². The lowest BCUT2D eigenvalue weighted by Gasteiger charge is -2.35. The molecule has 0 radical (unpaired) electrons. The van der Waals surface area contributed by atoms with E-state index in [4.69, 9.17) is 0 Å². The molecule has 40 heavy (non-hydrogen) atoms. The van der Waals surface area contributed by atoms with E-state index in [2.05, 4.69) is 29.1 Å². The Hall–Kier alpha value is -3.46. The van der Waals surface area contributed by atoms with Crippen molar-refractivity contribution in [1.29, 1.82) is 0 Å². The fourth-order valence-corrected chi connectivity index (χ4v) is 4.54. The first kappa shape index (κ1) is 32.8. The van der Waals surface area contributed by atoms with Crippen molar-refractivity contribution in [2.24, 2.45) is 7.05 Å². The van der Waals surface area contributed by atoms with Gasteiger partial charge in [-0.1, -0.05) is 60.1 Å². The normalized spacial score (nSPS) is 13.3. The number of carbonyl (C=O) groups excluding carboxylic acids is 1. The Morgan fingerprint density at radius 2 is 1.62 bits per heavy atom. The summed E-state index contributed by atoms with van der Waals surface area (Å²) < 4.78 is 42.8. The fourth-order valence-electron chi connectivity index (χ4n) is 4.54. The molecule has 3 heterocycles. The van der Waals surface area contributed by atoms with E-state index in [1.54, 1.807) is 12.3 Å². The summed E-state index contributed by atoms with van der Waals surface area (Å²) >= 11 is 0. The summed E-state index contributed by atoms with van der Waals surface area (Å²) in [4.78, 5) is 22.3. The van der Waals surface area contributed by atoms with Crippen molar-refractivity contribution in [3.05, 3.63) is 55.0 Å². The van der Waals surface area contributed by atoms with Gasteiger partial charge in [0.05, 0.1) is 11.0 Å². The highest BCUT2D eigenvalue weighted by molar-refractivity contribution is 6.03. The van der Waals surface area contributed by atoms with Crippen molar-refractivity contribution in [2.75, 3.05) is 18.0 Å². The number of nitrogens with one attached hydrogen (secondary N) is 1. The lowest BCUT2D eigenvalue weighted by Crippen LogP contribution is -2.51. The molecule has 0 atom stereocenters. The number of aromatic nitrogens is 3. The van der Waals surface area contributed by atoms with Crippen molar-refractivity contribution in [1.82, 2.24) is 19.9 Å². The van der Waals surface area contributed by atoms with Gasteiger partial charge in [-0.3, -0.25) is 14.8 Å². The largest absolute Gasteiger partial charge is 0.471 e. The number of alkyl halides is 3. The third-order valence-electron chi connectivity index (χ3n) is 6.17. The van der Waals surface area contributed by atoms with E-state index in [1.807, 2.05) is 69.8 Å². The summed E-state index contributed by atoms with van der Waals surface area (Å²) in [6.07, 6.45) is 2.14. The lowest BCUT2D eigenvalue weighted by atomic mass is 9.99. The molecule has 4 aromatic rings. The minimum absolute atomic E-state index is 0.180. The van der Waals surface area contributed by atoms with Crippen LogP contribution in [0.1, 0.15) is 60.8 Å². The predicted molar refractivity (Wildman–Crippen MR) is 160 cm³/mol. The first-order valence-corrected chi connectivity index (χ1v) is 14.2. The van der Waals surface area contributed by atoms with Gasteiger partial charge in [0.25, 0.3) is 0 Å². The second-order valence-corrected chi connectivity index (χ2v) is 8.98. The van der Waals surface area contributed by atoms with Gasteiger partial charge in [0.2, 0.25) is 0 Å². The summed E-state index contributed by atoms with van der Waals surface area (Å²) in [7, 11) is 1.93. The molecule has 0 bridgehead atoms. The van der Waals surface area contributed by atoms with Crippen LogP contribution in [0.25, 0.3) is 33.1 Å². The summed E-state index contributed by atoms with van der Waals surface area (Å²) in [5.41, 5.74) is 3.59. The molecule has 1 N–H and O–H groups in total. The minimum Gasteiger partial charge on any atom is -0.351 e. The molecule has 2 aromatic carbocycles. The maximum atomic E-state index is 13.6. The molecule has 218 valence electrons. The molecule has 0 spiro atoms. The van der Waals surface area contributed by atoms with Gasteiger partial charge >= 0.3 is 12.1 Å². The van der Waals surface area contributed by atoms with Crippen LogP contribution in [0.5, 0.6) is 0 Å². The smallest absolute Gasteiger partial charge is 0.351 e. The standard InChI is InChI=1S/C24H22F3N5O.C3H8.2C2H6/c1-31-11-6-15-2-3-16(12-21(15)31)19-13-18(14-20-22(19)30-10-9-29-20)32(23(33)24(25,26)27)17-4-7-28-8-5-17;1-3-2;2*1-2/h2-3,6,9-14,17,28H,4-5,7-8H2,1H3;3H2,1-2H3;2*1-2H3. The maximum absolute atomic E-state index is 13.6. The van der Waals surface area contributed by atoms with Crippen molar-refractivity contribution in [3.63, 3.8) is 0 Å². The highest BCUT2D eigenvalue weighted by Gasteiger charge is 2.45. The third kappa shape index (κ3) is 7.59. The number of hydrogen-bond acceptors (Lipinski definition) is 4. The molecule has 1 aliphatic heterocycles. The van der Waals surface area contributed by atoms with Crippen molar-refractivity contribution in [2.45, 2.75) is 73.0 Å². The zero-order valence-corrected chi connectivity index (χ0v) is 24.6. The topological polar surface area (TPSA) is 63.1 Å².